The topological polar surface area (TPSA) is 57.3 Å². The van der Waals surface area contributed by atoms with E-state index in [9.17, 15) is 18.0 Å². The molecule has 0 saturated carbocycles. The van der Waals surface area contributed by atoms with Crippen molar-refractivity contribution in [3.63, 3.8) is 0 Å². The molecule has 2 aromatic rings. The van der Waals surface area contributed by atoms with E-state index in [0.29, 0.717) is 5.69 Å². The quantitative estimate of drug-likeness (QED) is 0.801. The van der Waals surface area contributed by atoms with Gasteiger partial charge in [-0.15, -0.1) is 0 Å². The zero-order valence-electron chi connectivity index (χ0n) is 12.8. The van der Waals surface area contributed by atoms with Gasteiger partial charge in [-0.25, -0.2) is 9.78 Å². The predicted octanol–water partition coefficient (Wildman–Crippen LogP) is 3.87. The summed E-state index contributed by atoms with van der Waals surface area (Å²) >= 11 is 3.32. The second-order valence-corrected chi connectivity index (χ2v) is 6.41. The first-order chi connectivity index (χ1) is 11.8. The number of hydrogen-bond acceptors (Lipinski definition) is 3. The summed E-state index contributed by atoms with van der Waals surface area (Å²) in [5.74, 6) is -0.112. The highest BCUT2D eigenvalue weighted by molar-refractivity contribution is 9.10. The van der Waals surface area contributed by atoms with Gasteiger partial charge in [0.05, 0.1) is 17.3 Å². The first-order valence-corrected chi connectivity index (χ1v) is 8.23. The molecule has 3 rings (SSSR count). The minimum Gasteiger partial charge on any atom is -0.352 e. The maximum absolute atomic E-state index is 13.0. The van der Waals surface area contributed by atoms with Gasteiger partial charge in [-0.05, 0) is 40.2 Å². The summed E-state index contributed by atoms with van der Waals surface area (Å²) in [6.07, 6.45) is -3.13. The van der Waals surface area contributed by atoms with E-state index in [-0.39, 0.29) is 24.9 Å². The molecule has 1 aliphatic heterocycles. The molecular formula is C16H14BrF3N4O. The standard InChI is InChI=1S/C16H14BrF3N4O/c17-12-5-1-2-6-13(12)23-15(25)22-10-8-24(9-10)14-11(16(18,19)20)4-3-7-21-14/h1-7,10H,8-9H2,(H2,22,23,25). The number of para-hydroxylation sites is 1. The molecule has 25 heavy (non-hydrogen) atoms. The molecule has 0 unspecified atom stereocenters. The number of carbonyl (C=O) groups excluding carboxylic acids is 1. The van der Waals surface area contributed by atoms with Crippen molar-refractivity contribution in [3.05, 3.63) is 52.6 Å². The van der Waals surface area contributed by atoms with Gasteiger partial charge in [0, 0.05) is 23.8 Å². The first kappa shape index (κ1) is 17.5. The van der Waals surface area contributed by atoms with Crippen molar-refractivity contribution in [3.8, 4) is 0 Å². The summed E-state index contributed by atoms with van der Waals surface area (Å²) in [6.45, 7) is 0.535. The Morgan fingerprint density at radius 1 is 1.20 bits per heavy atom. The SMILES string of the molecule is O=C(Nc1ccccc1Br)NC1CN(c2ncccc2C(F)(F)F)C1. The average Bonchev–Trinajstić information content (AvgIpc) is 2.52. The van der Waals surface area contributed by atoms with E-state index >= 15 is 0 Å². The Labute approximate surface area is 150 Å². The number of carbonyl (C=O) groups is 1. The van der Waals surface area contributed by atoms with Crippen LogP contribution in [0.5, 0.6) is 0 Å². The molecule has 1 aromatic heterocycles. The Morgan fingerprint density at radius 2 is 1.92 bits per heavy atom. The first-order valence-electron chi connectivity index (χ1n) is 7.44. The Balaban J connectivity index is 1.57. The lowest BCUT2D eigenvalue weighted by Crippen LogP contribution is -2.60. The summed E-state index contributed by atoms with van der Waals surface area (Å²) < 4.78 is 39.8. The number of nitrogens with zero attached hydrogens (tertiary/aromatic N) is 2. The molecule has 1 aromatic carbocycles. The number of rotatable bonds is 3. The molecule has 5 nitrogen and oxygen atoms in total. The molecule has 0 aliphatic carbocycles. The third kappa shape index (κ3) is 4.04. The van der Waals surface area contributed by atoms with Crippen LogP contribution in [0.15, 0.2) is 47.1 Å². The number of pyridine rings is 1. The van der Waals surface area contributed by atoms with Crippen molar-refractivity contribution in [1.29, 1.82) is 0 Å². The lowest BCUT2D eigenvalue weighted by Gasteiger charge is -2.41. The molecule has 1 saturated heterocycles. The van der Waals surface area contributed by atoms with E-state index in [1.807, 2.05) is 6.07 Å². The Morgan fingerprint density at radius 3 is 2.60 bits per heavy atom. The molecule has 2 heterocycles. The number of halogens is 4. The molecule has 132 valence electrons. The Kier molecular flexibility index (Phi) is 4.85. The van der Waals surface area contributed by atoms with E-state index in [2.05, 4.69) is 31.5 Å². The molecule has 2 amide bonds. The highest BCUT2D eigenvalue weighted by Crippen LogP contribution is 2.36. The number of aromatic nitrogens is 1. The average molecular weight is 415 g/mol. The monoisotopic (exact) mass is 414 g/mol. The van der Waals surface area contributed by atoms with Crippen molar-refractivity contribution in [2.45, 2.75) is 12.2 Å². The normalized spacial score (nSPS) is 14.8. The highest BCUT2D eigenvalue weighted by Gasteiger charge is 2.39. The molecule has 1 aliphatic rings. The van der Waals surface area contributed by atoms with Gasteiger partial charge in [0.1, 0.15) is 5.82 Å². The Bertz CT molecular complexity index is 778. The van der Waals surface area contributed by atoms with Crippen LogP contribution < -0.4 is 15.5 Å². The van der Waals surface area contributed by atoms with Crippen LogP contribution in [-0.4, -0.2) is 30.1 Å². The van der Waals surface area contributed by atoms with Gasteiger partial charge >= 0.3 is 12.2 Å². The Hall–Kier alpha value is -2.29. The van der Waals surface area contributed by atoms with Gasteiger partial charge in [0.2, 0.25) is 0 Å². The van der Waals surface area contributed by atoms with Crippen LogP contribution >= 0.6 is 15.9 Å². The molecule has 0 bridgehead atoms. The molecule has 9 heteroatoms. The number of anilines is 2. The van der Waals surface area contributed by atoms with E-state index in [1.165, 1.54) is 17.2 Å². The van der Waals surface area contributed by atoms with Crippen molar-refractivity contribution in [1.82, 2.24) is 10.3 Å². The van der Waals surface area contributed by atoms with Crippen molar-refractivity contribution < 1.29 is 18.0 Å². The maximum atomic E-state index is 13.0. The third-order valence-electron chi connectivity index (χ3n) is 3.73. The summed E-state index contributed by atoms with van der Waals surface area (Å²) in [5, 5.41) is 5.42. The fourth-order valence-electron chi connectivity index (χ4n) is 2.52. The van der Waals surface area contributed by atoms with Gasteiger partial charge in [0.25, 0.3) is 0 Å². The van der Waals surface area contributed by atoms with E-state index < -0.39 is 17.8 Å². The molecular weight excluding hydrogens is 401 g/mol. The summed E-state index contributed by atoms with van der Waals surface area (Å²) in [4.78, 5) is 17.3. The molecule has 0 radical (unpaired) electrons. The van der Waals surface area contributed by atoms with Gasteiger partial charge in [-0.3, -0.25) is 0 Å². The second kappa shape index (κ2) is 6.91. The van der Waals surface area contributed by atoms with E-state index in [4.69, 9.17) is 0 Å². The van der Waals surface area contributed by atoms with Crippen molar-refractivity contribution >= 4 is 33.5 Å². The van der Waals surface area contributed by atoms with Gasteiger partial charge in [0.15, 0.2) is 0 Å². The van der Waals surface area contributed by atoms with Crippen LogP contribution in [0.4, 0.5) is 29.5 Å². The van der Waals surface area contributed by atoms with Crippen LogP contribution in [0, 0.1) is 0 Å². The number of nitrogens with one attached hydrogen (secondary N) is 2. The van der Waals surface area contributed by atoms with Gasteiger partial charge in [-0.2, -0.15) is 13.2 Å². The fourth-order valence-corrected chi connectivity index (χ4v) is 2.90. The maximum Gasteiger partial charge on any atom is 0.419 e. The fraction of sp³-hybridized carbons (Fsp3) is 0.250. The molecule has 0 atom stereocenters. The number of hydrogen-bond donors (Lipinski definition) is 2. The highest BCUT2D eigenvalue weighted by atomic mass is 79.9. The zero-order valence-corrected chi connectivity index (χ0v) is 14.4. The van der Waals surface area contributed by atoms with Crippen LogP contribution in [0.2, 0.25) is 0 Å². The van der Waals surface area contributed by atoms with Crippen molar-refractivity contribution in [2.24, 2.45) is 0 Å². The summed E-state index contributed by atoms with van der Waals surface area (Å²) in [5.41, 5.74) is -0.161. The van der Waals surface area contributed by atoms with Crippen LogP contribution in [0.25, 0.3) is 0 Å². The summed E-state index contributed by atoms with van der Waals surface area (Å²) in [7, 11) is 0. The lowest BCUT2D eigenvalue weighted by atomic mass is 10.1. The van der Waals surface area contributed by atoms with Crippen LogP contribution in [0.1, 0.15) is 5.56 Å². The lowest BCUT2D eigenvalue weighted by molar-refractivity contribution is -0.137. The molecule has 1 fully saturated rings. The van der Waals surface area contributed by atoms with Crippen LogP contribution in [-0.2, 0) is 6.18 Å². The predicted molar refractivity (Wildman–Crippen MR) is 91.5 cm³/mol. The largest absolute Gasteiger partial charge is 0.419 e. The minimum absolute atomic E-state index is 0.112. The van der Waals surface area contributed by atoms with Gasteiger partial charge < -0.3 is 15.5 Å². The van der Waals surface area contributed by atoms with E-state index in [1.54, 1.807) is 18.2 Å². The molecule has 0 spiro atoms. The summed E-state index contributed by atoms with van der Waals surface area (Å²) in [6, 6.07) is 8.74. The van der Waals surface area contributed by atoms with Gasteiger partial charge in [-0.1, -0.05) is 12.1 Å². The number of alkyl halides is 3. The zero-order chi connectivity index (χ0) is 18.0. The third-order valence-corrected chi connectivity index (χ3v) is 4.42. The minimum atomic E-state index is -4.46. The number of benzene rings is 1. The molecule has 2 N–H and O–H groups in total. The van der Waals surface area contributed by atoms with Crippen LogP contribution in [0.3, 0.4) is 0 Å². The van der Waals surface area contributed by atoms with E-state index in [0.717, 1.165) is 10.5 Å². The van der Waals surface area contributed by atoms with Crippen molar-refractivity contribution in [2.75, 3.05) is 23.3 Å². The smallest absolute Gasteiger partial charge is 0.352 e. The number of urea groups is 1. The second-order valence-electron chi connectivity index (χ2n) is 5.55. The number of amides is 2.